The average Bonchev–Trinajstić information content (AvgIpc) is 2.65. The number of carbonyl (C=O) groups is 1. The Bertz CT molecular complexity index is 464. The molecule has 72 valence electrons. The van der Waals surface area contributed by atoms with Crippen molar-refractivity contribution in [3.8, 4) is 0 Å². The zero-order valence-corrected chi connectivity index (χ0v) is 7.65. The number of rotatable bonds is 2. The largest absolute Gasteiger partial charge is 0.462 e. The van der Waals surface area contributed by atoms with Gasteiger partial charge in [-0.15, -0.1) is 0 Å². The molecule has 1 N–H and O–H groups in total. The van der Waals surface area contributed by atoms with Crippen LogP contribution in [-0.4, -0.2) is 27.8 Å². The number of pyridine rings is 1. The summed E-state index contributed by atoms with van der Waals surface area (Å²) >= 11 is 0. The summed E-state index contributed by atoms with van der Waals surface area (Å²) < 4.78 is 4.90. The van der Waals surface area contributed by atoms with Gasteiger partial charge < -0.3 is 4.74 Å². The van der Waals surface area contributed by atoms with E-state index in [9.17, 15) is 4.79 Å². The van der Waals surface area contributed by atoms with Gasteiger partial charge in [-0.2, -0.15) is 5.10 Å². The first-order valence-corrected chi connectivity index (χ1v) is 4.28. The van der Waals surface area contributed by atoms with E-state index in [1.807, 2.05) is 0 Å². The zero-order valence-electron chi connectivity index (χ0n) is 7.65. The van der Waals surface area contributed by atoms with Crippen LogP contribution in [-0.2, 0) is 4.74 Å². The van der Waals surface area contributed by atoms with Gasteiger partial charge in [-0.05, 0) is 13.0 Å². The van der Waals surface area contributed by atoms with Gasteiger partial charge in [-0.1, -0.05) is 0 Å². The predicted molar refractivity (Wildman–Crippen MR) is 49.8 cm³/mol. The molecule has 2 aromatic rings. The van der Waals surface area contributed by atoms with Gasteiger partial charge in [0.25, 0.3) is 0 Å². The van der Waals surface area contributed by atoms with Crippen molar-refractivity contribution in [2.75, 3.05) is 6.61 Å². The molecule has 5 heteroatoms. The Morgan fingerprint density at radius 3 is 3.29 bits per heavy atom. The van der Waals surface area contributed by atoms with Crippen LogP contribution in [0.5, 0.6) is 0 Å². The second-order valence-corrected chi connectivity index (χ2v) is 2.70. The maximum absolute atomic E-state index is 11.5. The summed E-state index contributed by atoms with van der Waals surface area (Å²) in [6.45, 7) is 2.13. The monoisotopic (exact) mass is 191 g/mol. The number of carbonyl (C=O) groups excluding carboxylic acids is 1. The molecule has 0 radical (unpaired) electrons. The van der Waals surface area contributed by atoms with Gasteiger partial charge in [0.05, 0.1) is 17.6 Å². The van der Waals surface area contributed by atoms with E-state index in [1.54, 1.807) is 19.2 Å². The number of H-pyrrole nitrogens is 1. The van der Waals surface area contributed by atoms with Crippen LogP contribution in [0, 0.1) is 0 Å². The molecule has 0 saturated carbocycles. The van der Waals surface area contributed by atoms with E-state index in [0.717, 1.165) is 0 Å². The molecular formula is C9H9N3O2. The van der Waals surface area contributed by atoms with Crippen LogP contribution in [0.1, 0.15) is 17.3 Å². The molecule has 0 aliphatic heterocycles. The van der Waals surface area contributed by atoms with Crippen LogP contribution < -0.4 is 0 Å². The number of fused-ring (bicyclic) bond motifs is 1. The second kappa shape index (κ2) is 3.45. The Hall–Kier alpha value is -1.91. The third-order valence-corrected chi connectivity index (χ3v) is 1.84. The van der Waals surface area contributed by atoms with Crippen LogP contribution in [0.25, 0.3) is 11.0 Å². The molecule has 0 unspecified atom stereocenters. The zero-order chi connectivity index (χ0) is 9.97. The van der Waals surface area contributed by atoms with Gasteiger partial charge in [0.15, 0.2) is 5.65 Å². The number of nitrogens with zero attached hydrogens (tertiary/aromatic N) is 2. The number of aromatic amines is 1. The molecule has 0 atom stereocenters. The molecule has 2 aromatic heterocycles. The number of hydrogen-bond donors (Lipinski definition) is 1. The summed E-state index contributed by atoms with van der Waals surface area (Å²) in [6.07, 6.45) is 3.17. The highest BCUT2D eigenvalue weighted by atomic mass is 16.5. The Morgan fingerprint density at radius 2 is 2.50 bits per heavy atom. The van der Waals surface area contributed by atoms with Gasteiger partial charge in [-0.3, -0.25) is 5.10 Å². The summed E-state index contributed by atoms with van der Waals surface area (Å²) in [4.78, 5) is 15.5. The summed E-state index contributed by atoms with van der Waals surface area (Å²) in [7, 11) is 0. The summed E-state index contributed by atoms with van der Waals surface area (Å²) in [5, 5.41) is 7.22. The van der Waals surface area contributed by atoms with Gasteiger partial charge >= 0.3 is 5.97 Å². The Balaban J connectivity index is 2.50. The standard InChI is InChI=1S/C9H9N3O2/c1-2-14-9(13)6-3-4-10-8-7(6)5-11-12-8/h3-5H,2H2,1H3,(H,10,11,12). The molecule has 0 amide bonds. The fourth-order valence-electron chi connectivity index (χ4n) is 1.24. The Kier molecular flexibility index (Phi) is 2.14. The second-order valence-electron chi connectivity index (χ2n) is 2.70. The predicted octanol–water partition coefficient (Wildman–Crippen LogP) is 1.13. The molecule has 0 bridgehead atoms. The minimum Gasteiger partial charge on any atom is -0.462 e. The number of nitrogens with one attached hydrogen (secondary N) is 1. The van der Waals surface area contributed by atoms with Crippen molar-refractivity contribution in [2.24, 2.45) is 0 Å². The van der Waals surface area contributed by atoms with Crippen molar-refractivity contribution >= 4 is 17.0 Å². The molecule has 0 aromatic carbocycles. The summed E-state index contributed by atoms with van der Waals surface area (Å²) in [5.41, 5.74) is 1.01. The van der Waals surface area contributed by atoms with Gasteiger partial charge in [0.1, 0.15) is 0 Å². The third-order valence-electron chi connectivity index (χ3n) is 1.84. The first kappa shape index (κ1) is 8.68. The van der Waals surface area contributed by atoms with Gasteiger partial charge in [-0.25, -0.2) is 9.78 Å². The smallest absolute Gasteiger partial charge is 0.338 e. The first-order chi connectivity index (χ1) is 6.83. The van der Waals surface area contributed by atoms with Crippen LogP contribution >= 0.6 is 0 Å². The third kappa shape index (κ3) is 1.32. The number of esters is 1. The van der Waals surface area contributed by atoms with E-state index in [-0.39, 0.29) is 5.97 Å². The van der Waals surface area contributed by atoms with Crippen molar-refractivity contribution < 1.29 is 9.53 Å². The molecule has 0 spiro atoms. The summed E-state index contributed by atoms with van der Waals surface area (Å²) in [5.74, 6) is -0.346. The Labute approximate surface area is 80.1 Å². The normalized spacial score (nSPS) is 10.4. The summed E-state index contributed by atoms with van der Waals surface area (Å²) in [6, 6.07) is 1.62. The van der Waals surface area contributed by atoms with Gasteiger partial charge in [0, 0.05) is 12.4 Å². The SMILES string of the molecule is CCOC(=O)c1ccnc2n[nH]cc12. The number of hydrogen-bond acceptors (Lipinski definition) is 4. The molecule has 0 aliphatic carbocycles. The highest BCUT2D eigenvalue weighted by Crippen LogP contribution is 2.14. The van der Waals surface area contributed by atoms with E-state index in [2.05, 4.69) is 15.2 Å². The van der Waals surface area contributed by atoms with Crippen molar-refractivity contribution in [2.45, 2.75) is 6.92 Å². The molecule has 0 saturated heterocycles. The molecule has 2 rings (SSSR count). The molecule has 0 aliphatic rings. The molecular weight excluding hydrogens is 182 g/mol. The van der Waals surface area contributed by atoms with E-state index in [4.69, 9.17) is 4.74 Å². The maximum Gasteiger partial charge on any atom is 0.338 e. The van der Waals surface area contributed by atoms with Crippen molar-refractivity contribution in [1.82, 2.24) is 15.2 Å². The minimum atomic E-state index is -0.346. The molecule has 2 heterocycles. The first-order valence-electron chi connectivity index (χ1n) is 4.28. The fraction of sp³-hybridized carbons (Fsp3) is 0.222. The maximum atomic E-state index is 11.5. The van der Waals surface area contributed by atoms with E-state index in [0.29, 0.717) is 23.2 Å². The van der Waals surface area contributed by atoms with Crippen LogP contribution in [0.4, 0.5) is 0 Å². The molecule has 14 heavy (non-hydrogen) atoms. The number of ether oxygens (including phenoxy) is 1. The van der Waals surface area contributed by atoms with Crippen LogP contribution in [0.3, 0.4) is 0 Å². The quantitative estimate of drug-likeness (QED) is 0.722. The average molecular weight is 191 g/mol. The molecule has 5 nitrogen and oxygen atoms in total. The lowest BCUT2D eigenvalue weighted by Gasteiger charge is -2.01. The van der Waals surface area contributed by atoms with E-state index >= 15 is 0 Å². The lowest BCUT2D eigenvalue weighted by atomic mass is 10.2. The highest BCUT2D eigenvalue weighted by Gasteiger charge is 2.12. The van der Waals surface area contributed by atoms with E-state index < -0.39 is 0 Å². The fourth-order valence-corrected chi connectivity index (χ4v) is 1.24. The van der Waals surface area contributed by atoms with Crippen molar-refractivity contribution in [3.05, 3.63) is 24.0 Å². The molecule has 0 fully saturated rings. The van der Waals surface area contributed by atoms with E-state index in [1.165, 1.54) is 6.20 Å². The lowest BCUT2D eigenvalue weighted by Crippen LogP contribution is -2.05. The number of aromatic nitrogens is 3. The van der Waals surface area contributed by atoms with Crippen LogP contribution in [0.15, 0.2) is 18.5 Å². The highest BCUT2D eigenvalue weighted by molar-refractivity contribution is 6.02. The van der Waals surface area contributed by atoms with Gasteiger partial charge in [0.2, 0.25) is 0 Å². The minimum absolute atomic E-state index is 0.346. The van der Waals surface area contributed by atoms with Crippen molar-refractivity contribution in [1.29, 1.82) is 0 Å². The lowest BCUT2D eigenvalue weighted by molar-refractivity contribution is 0.0528. The topological polar surface area (TPSA) is 67.9 Å². The van der Waals surface area contributed by atoms with Crippen molar-refractivity contribution in [3.63, 3.8) is 0 Å². The Morgan fingerprint density at radius 1 is 1.64 bits per heavy atom. The van der Waals surface area contributed by atoms with Crippen LogP contribution in [0.2, 0.25) is 0 Å².